The summed E-state index contributed by atoms with van der Waals surface area (Å²) in [6.07, 6.45) is 0.791. The molecule has 49 heavy (non-hydrogen) atoms. The molecule has 4 heterocycles. The summed E-state index contributed by atoms with van der Waals surface area (Å²) in [5.74, 6) is 1.20. The van der Waals surface area contributed by atoms with Crippen LogP contribution in [0.5, 0.6) is 5.75 Å². The minimum atomic E-state index is -1.10. The maximum atomic E-state index is 14.5. The number of allylic oxidation sites excluding steroid dienone is 1. The Morgan fingerprint density at radius 2 is 1.88 bits per heavy atom. The molecule has 6 rings (SSSR count). The van der Waals surface area contributed by atoms with Crippen LogP contribution in [0.25, 0.3) is 11.4 Å². The predicted molar refractivity (Wildman–Crippen MR) is 181 cm³/mol. The van der Waals surface area contributed by atoms with E-state index in [1.807, 2.05) is 29.5 Å². The highest BCUT2D eigenvalue weighted by Gasteiger charge is 2.30. The Kier molecular flexibility index (Phi) is 11.9. The number of primary amides is 1. The zero-order valence-corrected chi connectivity index (χ0v) is 27.2. The number of rotatable bonds is 10. The first-order valence-corrected chi connectivity index (χ1v) is 15.8. The summed E-state index contributed by atoms with van der Waals surface area (Å²) in [6, 6.07) is 15.4. The van der Waals surface area contributed by atoms with Crippen LogP contribution in [0.4, 0.5) is 26.5 Å². The van der Waals surface area contributed by atoms with E-state index in [-0.39, 0.29) is 5.70 Å². The lowest BCUT2D eigenvalue weighted by Gasteiger charge is -2.43. The molecule has 2 aromatic carbocycles. The molecule has 3 aromatic rings. The van der Waals surface area contributed by atoms with E-state index in [0.717, 1.165) is 51.6 Å². The summed E-state index contributed by atoms with van der Waals surface area (Å²) in [4.78, 5) is 39.7. The van der Waals surface area contributed by atoms with Crippen molar-refractivity contribution in [3.8, 4) is 23.2 Å². The van der Waals surface area contributed by atoms with Crippen molar-refractivity contribution in [2.45, 2.75) is 24.7 Å². The van der Waals surface area contributed by atoms with E-state index in [9.17, 15) is 19.2 Å². The second kappa shape index (κ2) is 16.6. The molecule has 0 radical (unpaired) electrons. The molecule has 3 fully saturated rings. The van der Waals surface area contributed by atoms with Crippen LogP contribution in [0.15, 0.2) is 61.1 Å². The molecular weight excluding hydrogens is 633 g/mol. The number of nitrogens with zero attached hydrogens (tertiary/aromatic N) is 7. The van der Waals surface area contributed by atoms with Gasteiger partial charge in [-0.1, -0.05) is 6.58 Å². The number of anilines is 3. The maximum Gasteiger partial charge on any atom is 0.330 e. The van der Waals surface area contributed by atoms with Crippen molar-refractivity contribution in [2.75, 3.05) is 69.7 Å². The molecule has 1 aromatic heterocycles. The van der Waals surface area contributed by atoms with Gasteiger partial charge in [-0.15, -0.1) is 0 Å². The van der Waals surface area contributed by atoms with Gasteiger partial charge in [0, 0.05) is 56.2 Å². The second-order valence-electron chi connectivity index (χ2n) is 11.8. The number of piperidine rings is 1. The van der Waals surface area contributed by atoms with Crippen LogP contribution in [-0.2, 0) is 9.53 Å². The van der Waals surface area contributed by atoms with Gasteiger partial charge >= 0.3 is 6.03 Å². The van der Waals surface area contributed by atoms with Crippen molar-refractivity contribution in [3.05, 3.63) is 66.6 Å². The van der Waals surface area contributed by atoms with Crippen LogP contribution in [-0.4, -0.2) is 115 Å². The van der Waals surface area contributed by atoms with E-state index in [0.29, 0.717) is 53.9 Å². The normalized spacial score (nSPS) is 19.7. The van der Waals surface area contributed by atoms with Gasteiger partial charge in [-0.05, 0) is 55.9 Å². The van der Waals surface area contributed by atoms with Gasteiger partial charge in [0.15, 0.2) is 12.1 Å². The first-order chi connectivity index (χ1) is 23.7. The fourth-order valence-corrected chi connectivity index (χ4v) is 5.52. The molecule has 0 unspecified atom stereocenters. The fraction of sp³-hybridized carbons (Fsp3) is 0.394. The summed E-state index contributed by atoms with van der Waals surface area (Å²) < 4.78 is 25.7. The van der Waals surface area contributed by atoms with Crippen LogP contribution in [0.3, 0.4) is 0 Å². The number of nitrogens with two attached hydrogens (primary N) is 1. The van der Waals surface area contributed by atoms with Crippen molar-refractivity contribution in [2.24, 2.45) is 5.73 Å². The summed E-state index contributed by atoms with van der Waals surface area (Å²) >= 11 is 0. The van der Waals surface area contributed by atoms with Crippen LogP contribution in [0.2, 0.25) is 0 Å². The number of ether oxygens (including phenoxy) is 2. The van der Waals surface area contributed by atoms with Gasteiger partial charge in [-0.3, -0.25) is 20.5 Å². The quantitative estimate of drug-likeness (QED) is 0.139. The highest BCUT2D eigenvalue weighted by atomic mass is 19.1. The molecule has 2 atom stereocenters. The number of piperazine rings is 1. The van der Waals surface area contributed by atoms with E-state index in [1.54, 1.807) is 18.2 Å². The number of likely N-dealkylation sites (tertiary alicyclic amines) is 1. The topological polar surface area (TPSA) is 187 Å². The van der Waals surface area contributed by atoms with E-state index in [2.05, 4.69) is 66.0 Å². The van der Waals surface area contributed by atoms with E-state index >= 15 is 0 Å². The number of aldehydes is 1. The van der Waals surface area contributed by atoms with Crippen LogP contribution in [0, 0.1) is 11.3 Å². The molecule has 15 nitrogen and oxygen atoms in total. The SMILES string of the molecule is C=C(C=O)NNC(N)=O.CN1CC[C@H](Oc2ccc(-c3ncnc(Nc4ccc(N5CCN(C6COC6)CC5)cc4)n3)cc2C#N)[C@H](F)C1. The van der Waals surface area contributed by atoms with Crippen molar-refractivity contribution < 1.29 is 23.5 Å². The number of hydrazine groups is 1. The summed E-state index contributed by atoms with van der Waals surface area (Å²) in [6.45, 7) is 10.1. The average Bonchev–Trinajstić information content (AvgIpc) is 3.09. The molecular formula is C33H40FN11O4. The van der Waals surface area contributed by atoms with E-state index < -0.39 is 18.3 Å². The molecule has 3 saturated heterocycles. The minimum absolute atomic E-state index is 0.0498. The van der Waals surface area contributed by atoms with E-state index in [4.69, 9.17) is 9.47 Å². The highest BCUT2D eigenvalue weighted by Crippen LogP contribution is 2.29. The lowest BCUT2D eigenvalue weighted by atomic mass is 10.1. The van der Waals surface area contributed by atoms with Gasteiger partial charge < -0.3 is 30.3 Å². The Balaban J connectivity index is 0.000000459. The smallest absolute Gasteiger partial charge is 0.330 e. The molecule has 5 N–H and O–H groups in total. The van der Waals surface area contributed by atoms with Gasteiger partial charge in [0.1, 0.15) is 30.4 Å². The predicted octanol–water partition coefficient (Wildman–Crippen LogP) is 1.97. The molecule has 0 aliphatic carbocycles. The van der Waals surface area contributed by atoms with Crippen molar-refractivity contribution in [3.63, 3.8) is 0 Å². The number of amides is 2. The number of hydrogen-bond donors (Lipinski definition) is 4. The molecule has 16 heteroatoms. The van der Waals surface area contributed by atoms with Crippen LogP contribution < -0.4 is 31.5 Å². The third kappa shape index (κ3) is 9.60. The molecule has 3 aliphatic rings. The average molecular weight is 674 g/mol. The number of hydrogen-bond acceptors (Lipinski definition) is 13. The largest absolute Gasteiger partial charge is 0.486 e. The number of benzene rings is 2. The van der Waals surface area contributed by atoms with Gasteiger partial charge in [-0.25, -0.2) is 19.2 Å². The number of carbonyl (C=O) groups is 2. The number of aromatic nitrogens is 3. The lowest BCUT2D eigenvalue weighted by molar-refractivity contribution is -0.105. The first kappa shape index (κ1) is 35.0. The van der Waals surface area contributed by atoms with Gasteiger partial charge in [0.05, 0.1) is 30.5 Å². The zero-order valence-electron chi connectivity index (χ0n) is 27.2. The molecule has 0 spiro atoms. The van der Waals surface area contributed by atoms with Crippen molar-refractivity contribution in [1.29, 1.82) is 5.26 Å². The Labute approximate surface area is 283 Å². The number of halogens is 1. The number of nitrogens with one attached hydrogen (secondary N) is 3. The summed E-state index contributed by atoms with van der Waals surface area (Å²) in [5.41, 5.74) is 11.8. The number of alkyl halides is 1. The monoisotopic (exact) mass is 673 g/mol. The standard InChI is InChI=1S/C29H33FN8O2.C4H7N3O2/c1-36-9-8-27(25(30)16-36)40-26-7-2-20(14-21(26)15-31)28-32-19-33-29(35-28)34-22-3-5-23(6-4-22)37-10-12-38(13-11-37)24-17-39-18-24;1-3(2-8)6-7-4(5)9/h2-7,14,19,24-25,27H,8-13,16-18H2,1H3,(H,32,33,34,35);2,6H,1H2,(H3,5,7,9)/t25-,27+;/m1./s1. The van der Waals surface area contributed by atoms with Crippen LogP contribution in [0.1, 0.15) is 12.0 Å². The molecule has 3 aliphatic heterocycles. The second-order valence-corrected chi connectivity index (χ2v) is 11.8. The minimum Gasteiger partial charge on any atom is -0.486 e. The third-order valence-electron chi connectivity index (χ3n) is 8.32. The van der Waals surface area contributed by atoms with Gasteiger partial charge in [0.2, 0.25) is 5.95 Å². The summed E-state index contributed by atoms with van der Waals surface area (Å²) in [5, 5.41) is 13.0. The van der Waals surface area contributed by atoms with Crippen molar-refractivity contribution in [1.82, 2.24) is 35.6 Å². The number of carbonyl (C=O) groups excluding carboxylic acids is 2. The summed E-state index contributed by atoms with van der Waals surface area (Å²) in [7, 11) is 1.89. The Hall–Kier alpha value is -5.37. The van der Waals surface area contributed by atoms with Gasteiger partial charge in [-0.2, -0.15) is 10.2 Å². The maximum absolute atomic E-state index is 14.5. The lowest BCUT2D eigenvalue weighted by Crippen LogP contribution is -2.56. The highest BCUT2D eigenvalue weighted by molar-refractivity contribution is 5.74. The Morgan fingerprint density at radius 3 is 2.51 bits per heavy atom. The van der Waals surface area contributed by atoms with E-state index in [1.165, 1.54) is 12.0 Å². The third-order valence-corrected chi connectivity index (χ3v) is 8.32. The van der Waals surface area contributed by atoms with Crippen LogP contribution >= 0.6 is 0 Å². The number of nitriles is 1. The number of urea groups is 1. The molecule has 2 amide bonds. The van der Waals surface area contributed by atoms with Crippen molar-refractivity contribution >= 4 is 29.6 Å². The first-order valence-electron chi connectivity index (χ1n) is 15.8. The zero-order chi connectivity index (χ0) is 34.8. The van der Waals surface area contributed by atoms with Gasteiger partial charge in [0.25, 0.3) is 0 Å². The molecule has 0 bridgehead atoms. The fourth-order valence-electron chi connectivity index (χ4n) is 5.52. The molecule has 0 saturated carbocycles. The Bertz CT molecular complexity index is 1640. The molecule has 258 valence electrons. The Morgan fingerprint density at radius 1 is 1.12 bits per heavy atom.